The van der Waals surface area contributed by atoms with Crippen molar-refractivity contribution in [2.24, 2.45) is 0 Å². The van der Waals surface area contributed by atoms with Gasteiger partial charge in [0, 0.05) is 28.7 Å². The van der Waals surface area contributed by atoms with Gasteiger partial charge in [-0.3, -0.25) is 10.1 Å². The van der Waals surface area contributed by atoms with Gasteiger partial charge in [0.1, 0.15) is 0 Å². The second-order valence-electron chi connectivity index (χ2n) is 2.26. The van der Waals surface area contributed by atoms with Gasteiger partial charge >= 0.3 is 5.00 Å². The molecule has 0 bridgehead atoms. The lowest BCUT2D eigenvalue weighted by molar-refractivity contribution is -0.380. The lowest BCUT2D eigenvalue weighted by Crippen LogP contribution is -1.80. The molecule has 14 heavy (non-hydrogen) atoms. The first-order chi connectivity index (χ1) is 6.66. The highest BCUT2D eigenvalue weighted by Crippen LogP contribution is 2.31. The van der Waals surface area contributed by atoms with Crippen LogP contribution in [0, 0.1) is 13.9 Å². The van der Waals surface area contributed by atoms with Gasteiger partial charge in [-0.15, -0.1) is 0 Å². The van der Waals surface area contributed by atoms with Gasteiger partial charge in [0.05, 0.1) is 9.80 Å². The first-order valence-electron chi connectivity index (χ1n) is 3.40. The van der Waals surface area contributed by atoms with Crippen LogP contribution in [0.15, 0.2) is 16.7 Å². The average molecular weight is 323 g/mol. The van der Waals surface area contributed by atoms with Gasteiger partial charge in [-0.25, -0.2) is 0 Å². The van der Waals surface area contributed by atoms with Crippen LogP contribution >= 0.6 is 33.9 Å². The lowest BCUT2D eigenvalue weighted by Gasteiger charge is -1.82. The molecule has 0 N–H and O–H groups in total. The number of thiophene rings is 1. The van der Waals surface area contributed by atoms with Crippen LogP contribution in [0.5, 0.6) is 0 Å². The third-order valence-electron chi connectivity index (χ3n) is 1.38. The molecule has 2 aromatic rings. The number of halogens is 1. The molecule has 0 aromatic carbocycles. The van der Waals surface area contributed by atoms with E-state index in [1.54, 1.807) is 6.07 Å². The van der Waals surface area contributed by atoms with Gasteiger partial charge in [-0.05, 0) is 6.07 Å². The molecular formula is C6H2IN3O3S. The minimum atomic E-state index is -0.449. The summed E-state index contributed by atoms with van der Waals surface area (Å²) in [5.74, 6) is 0.313. The van der Waals surface area contributed by atoms with Crippen molar-refractivity contribution in [2.45, 2.75) is 0 Å². The second-order valence-corrected chi connectivity index (χ2v) is 4.29. The van der Waals surface area contributed by atoms with Gasteiger partial charge in [0.2, 0.25) is 3.83 Å². The molecule has 0 saturated heterocycles. The standard InChI is InChI=1S/C6H2IN3O3S/c7-6-8-5(13-9-6)3-1-2-4(14-3)10(11)12/h1-2H. The van der Waals surface area contributed by atoms with Crippen molar-refractivity contribution in [2.75, 3.05) is 0 Å². The molecule has 0 saturated carbocycles. The fourth-order valence-corrected chi connectivity index (χ4v) is 1.91. The van der Waals surface area contributed by atoms with Gasteiger partial charge < -0.3 is 4.52 Å². The number of rotatable bonds is 2. The molecule has 2 aromatic heterocycles. The first kappa shape index (κ1) is 9.52. The van der Waals surface area contributed by atoms with Gasteiger partial charge in [-0.1, -0.05) is 16.5 Å². The molecule has 0 radical (unpaired) electrons. The van der Waals surface area contributed by atoms with E-state index in [1.165, 1.54) is 6.07 Å². The van der Waals surface area contributed by atoms with E-state index >= 15 is 0 Å². The molecule has 0 amide bonds. The van der Waals surface area contributed by atoms with Crippen molar-refractivity contribution in [1.29, 1.82) is 0 Å². The molecule has 0 aliphatic heterocycles. The first-order valence-corrected chi connectivity index (χ1v) is 5.30. The average Bonchev–Trinajstić information content (AvgIpc) is 2.70. The molecule has 0 aliphatic carbocycles. The summed E-state index contributed by atoms with van der Waals surface area (Å²) < 4.78 is 5.34. The molecule has 0 unspecified atom stereocenters. The molecular weight excluding hydrogens is 321 g/mol. The van der Waals surface area contributed by atoms with Crippen LogP contribution in [-0.2, 0) is 0 Å². The Hall–Kier alpha value is -1.03. The van der Waals surface area contributed by atoms with E-state index in [0.717, 1.165) is 11.3 Å². The van der Waals surface area contributed by atoms with Crippen LogP contribution in [-0.4, -0.2) is 15.1 Å². The summed E-state index contributed by atoms with van der Waals surface area (Å²) >= 11 is 2.91. The quantitative estimate of drug-likeness (QED) is 0.481. The predicted molar refractivity (Wildman–Crippen MR) is 57.0 cm³/mol. The zero-order valence-corrected chi connectivity index (χ0v) is 9.48. The fraction of sp³-hybridized carbons (Fsp3) is 0. The summed E-state index contributed by atoms with van der Waals surface area (Å²) in [6.07, 6.45) is 0. The summed E-state index contributed by atoms with van der Waals surface area (Å²) in [5, 5.41) is 14.0. The van der Waals surface area contributed by atoms with E-state index in [1.807, 2.05) is 22.6 Å². The van der Waals surface area contributed by atoms with Crippen LogP contribution in [0.25, 0.3) is 10.8 Å². The van der Waals surface area contributed by atoms with Crippen LogP contribution in [0.2, 0.25) is 0 Å². The van der Waals surface area contributed by atoms with Crippen molar-refractivity contribution >= 4 is 38.9 Å². The Kier molecular flexibility index (Phi) is 2.46. The number of nitrogens with zero attached hydrogens (tertiary/aromatic N) is 3. The highest BCUT2D eigenvalue weighted by Gasteiger charge is 2.15. The third kappa shape index (κ3) is 1.75. The van der Waals surface area contributed by atoms with E-state index in [0.29, 0.717) is 14.6 Å². The van der Waals surface area contributed by atoms with Crippen molar-refractivity contribution in [3.8, 4) is 10.8 Å². The smallest absolute Gasteiger partial charge is 0.324 e. The molecule has 8 heteroatoms. The number of hydrogen-bond acceptors (Lipinski definition) is 6. The zero-order chi connectivity index (χ0) is 10.1. The van der Waals surface area contributed by atoms with Crippen molar-refractivity contribution in [3.05, 3.63) is 26.1 Å². The Labute approximate surface area is 95.2 Å². The molecule has 0 aliphatic rings. The second kappa shape index (κ2) is 3.61. The fourth-order valence-electron chi connectivity index (χ4n) is 0.846. The maximum atomic E-state index is 10.4. The molecule has 0 atom stereocenters. The maximum absolute atomic E-state index is 10.4. The van der Waals surface area contributed by atoms with E-state index in [4.69, 9.17) is 4.52 Å². The molecule has 2 rings (SSSR count). The summed E-state index contributed by atoms with van der Waals surface area (Å²) in [5.41, 5.74) is 0. The monoisotopic (exact) mass is 323 g/mol. The Bertz CT molecular complexity index is 480. The van der Waals surface area contributed by atoms with E-state index in [-0.39, 0.29) is 5.00 Å². The molecule has 6 nitrogen and oxygen atoms in total. The normalized spacial score (nSPS) is 10.4. The van der Waals surface area contributed by atoms with Crippen molar-refractivity contribution < 1.29 is 9.45 Å². The number of nitro groups is 1. The van der Waals surface area contributed by atoms with Crippen molar-refractivity contribution in [1.82, 2.24) is 10.1 Å². The molecule has 72 valence electrons. The highest BCUT2D eigenvalue weighted by atomic mass is 127. The molecule has 2 heterocycles. The lowest BCUT2D eigenvalue weighted by atomic mass is 10.5. The van der Waals surface area contributed by atoms with E-state index in [2.05, 4.69) is 10.1 Å². The van der Waals surface area contributed by atoms with E-state index < -0.39 is 4.92 Å². The number of aromatic nitrogens is 2. The van der Waals surface area contributed by atoms with Gasteiger partial charge in [-0.2, -0.15) is 4.98 Å². The van der Waals surface area contributed by atoms with E-state index in [9.17, 15) is 10.1 Å². The highest BCUT2D eigenvalue weighted by molar-refractivity contribution is 14.1. The van der Waals surface area contributed by atoms with Crippen molar-refractivity contribution in [3.63, 3.8) is 0 Å². The number of hydrogen-bond donors (Lipinski definition) is 0. The Morgan fingerprint density at radius 2 is 2.36 bits per heavy atom. The summed E-state index contributed by atoms with van der Waals surface area (Å²) in [7, 11) is 0. The van der Waals surface area contributed by atoms with Crippen LogP contribution < -0.4 is 0 Å². The van der Waals surface area contributed by atoms with Gasteiger partial charge in [0.15, 0.2) is 0 Å². The zero-order valence-electron chi connectivity index (χ0n) is 6.51. The predicted octanol–water partition coefficient (Wildman–Crippen LogP) is 2.31. The largest absolute Gasteiger partial charge is 0.332 e. The third-order valence-corrected chi connectivity index (χ3v) is 2.85. The summed E-state index contributed by atoms with van der Waals surface area (Å²) in [4.78, 5) is 14.5. The minimum Gasteiger partial charge on any atom is -0.332 e. The Morgan fingerprint density at radius 3 is 2.86 bits per heavy atom. The molecule has 0 spiro atoms. The van der Waals surface area contributed by atoms with Crippen LogP contribution in [0.4, 0.5) is 5.00 Å². The summed E-state index contributed by atoms with van der Waals surface area (Å²) in [6, 6.07) is 3.00. The topological polar surface area (TPSA) is 82.1 Å². The minimum absolute atomic E-state index is 0.0632. The maximum Gasteiger partial charge on any atom is 0.324 e. The Balaban J connectivity index is 2.38. The Morgan fingerprint density at radius 1 is 1.57 bits per heavy atom. The van der Waals surface area contributed by atoms with Gasteiger partial charge in [0.25, 0.3) is 5.89 Å². The SMILES string of the molecule is O=[N+]([O-])c1ccc(-c2nc(I)no2)s1. The molecule has 0 fully saturated rings. The van der Waals surface area contributed by atoms with Crippen LogP contribution in [0.1, 0.15) is 0 Å². The summed E-state index contributed by atoms with van der Waals surface area (Å²) in [6.45, 7) is 0. The van der Waals surface area contributed by atoms with Crippen LogP contribution in [0.3, 0.4) is 0 Å².